The van der Waals surface area contributed by atoms with Gasteiger partial charge in [0.1, 0.15) is 0 Å². The van der Waals surface area contributed by atoms with Gasteiger partial charge in [-0.25, -0.2) is 0 Å². The van der Waals surface area contributed by atoms with E-state index in [9.17, 15) is 4.79 Å². The minimum absolute atomic E-state index is 0.302. The molecule has 0 spiro atoms. The fourth-order valence-corrected chi connectivity index (χ4v) is 0.908. The smallest absolute Gasteiger partial charge is 0.213 e. The summed E-state index contributed by atoms with van der Waals surface area (Å²) < 4.78 is 0. The zero-order valence-electron chi connectivity index (χ0n) is 6.28. The van der Waals surface area contributed by atoms with Crippen molar-refractivity contribution in [2.45, 2.75) is 0 Å². The van der Waals surface area contributed by atoms with E-state index in [0.717, 1.165) is 5.69 Å². The largest absolute Gasteiger partial charge is 0.332 e. The maximum Gasteiger partial charge on any atom is 0.213 e. The summed E-state index contributed by atoms with van der Waals surface area (Å²) in [6.45, 7) is 0. The van der Waals surface area contributed by atoms with Gasteiger partial charge in [-0.3, -0.25) is 4.79 Å². The standard InChI is InChI=1S/C8H8N2OS/c11-6-9-8(12)10-7-4-2-1-3-5-7/h1-6H,(H2,9,10,11,12). The van der Waals surface area contributed by atoms with Crippen LogP contribution in [0.25, 0.3) is 0 Å². The Morgan fingerprint density at radius 1 is 1.33 bits per heavy atom. The van der Waals surface area contributed by atoms with Gasteiger partial charge in [0, 0.05) is 5.69 Å². The molecule has 0 aliphatic rings. The highest BCUT2D eigenvalue weighted by Gasteiger charge is 1.92. The highest BCUT2D eigenvalue weighted by Crippen LogP contribution is 2.03. The molecule has 62 valence electrons. The number of carbonyl (C=O) groups is 1. The molecule has 1 rings (SSSR count). The van der Waals surface area contributed by atoms with Crippen molar-refractivity contribution in [3.63, 3.8) is 0 Å². The second kappa shape index (κ2) is 4.46. The second-order valence-corrected chi connectivity index (χ2v) is 2.49. The molecule has 0 saturated carbocycles. The first-order valence-corrected chi connectivity index (χ1v) is 3.80. The Balaban J connectivity index is 2.52. The van der Waals surface area contributed by atoms with E-state index >= 15 is 0 Å². The molecule has 12 heavy (non-hydrogen) atoms. The summed E-state index contributed by atoms with van der Waals surface area (Å²) in [5.74, 6) is 0. The van der Waals surface area contributed by atoms with Gasteiger partial charge in [-0.15, -0.1) is 0 Å². The van der Waals surface area contributed by atoms with Crippen LogP contribution in [0.2, 0.25) is 0 Å². The van der Waals surface area contributed by atoms with E-state index in [1.807, 2.05) is 30.3 Å². The van der Waals surface area contributed by atoms with Crippen LogP contribution < -0.4 is 10.6 Å². The van der Waals surface area contributed by atoms with E-state index in [1.54, 1.807) is 0 Å². The number of rotatable bonds is 2. The molecule has 0 aliphatic carbocycles. The summed E-state index contributed by atoms with van der Waals surface area (Å²) in [6, 6.07) is 9.39. The predicted octanol–water partition coefficient (Wildman–Crippen LogP) is 1.13. The maximum absolute atomic E-state index is 9.97. The molecule has 3 nitrogen and oxygen atoms in total. The molecule has 0 radical (unpaired) electrons. The Hall–Kier alpha value is -1.42. The van der Waals surface area contributed by atoms with Crippen molar-refractivity contribution < 1.29 is 4.79 Å². The third-order valence-corrected chi connectivity index (χ3v) is 1.44. The molecular formula is C8H8N2OS. The van der Waals surface area contributed by atoms with Crippen LogP contribution in [0.1, 0.15) is 0 Å². The van der Waals surface area contributed by atoms with E-state index in [0.29, 0.717) is 11.5 Å². The maximum atomic E-state index is 9.97. The molecule has 0 atom stereocenters. The first-order chi connectivity index (χ1) is 5.83. The molecule has 1 amide bonds. The molecule has 0 saturated heterocycles. The van der Waals surface area contributed by atoms with E-state index in [-0.39, 0.29) is 0 Å². The number of anilines is 1. The average molecular weight is 180 g/mol. The van der Waals surface area contributed by atoms with E-state index < -0.39 is 0 Å². The molecule has 0 aliphatic heterocycles. The average Bonchev–Trinajstić information content (AvgIpc) is 2.06. The molecule has 0 bridgehead atoms. The number of nitrogens with one attached hydrogen (secondary N) is 2. The molecule has 0 heterocycles. The summed E-state index contributed by atoms with van der Waals surface area (Å²) in [5.41, 5.74) is 0.858. The van der Waals surface area contributed by atoms with Crippen molar-refractivity contribution in [3.05, 3.63) is 30.3 Å². The Morgan fingerprint density at radius 2 is 2.00 bits per heavy atom. The topological polar surface area (TPSA) is 41.1 Å². The number of hydrogen-bond acceptors (Lipinski definition) is 2. The number of carbonyl (C=O) groups excluding carboxylic acids is 1. The highest BCUT2D eigenvalue weighted by molar-refractivity contribution is 7.80. The minimum Gasteiger partial charge on any atom is -0.332 e. The van der Waals surface area contributed by atoms with Crippen molar-refractivity contribution in [1.29, 1.82) is 0 Å². The molecule has 0 aromatic heterocycles. The van der Waals surface area contributed by atoms with Crippen LogP contribution in [0.4, 0.5) is 5.69 Å². The summed E-state index contributed by atoms with van der Waals surface area (Å²) in [7, 11) is 0. The highest BCUT2D eigenvalue weighted by atomic mass is 32.1. The fraction of sp³-hybridized carbons (Fsp3) is 0. The number of hydrogen-bond donors (Lipinski definition) is 2. The van der Waals surface area contributed by atoms with Gasteiger partial charge < -0.3 is 10.6 Å². The van der Waals surface area contributed by atoms with Gasteiger partial charge in [-0.05, 0) is 24.4 Å². The lowest BCUT2D eigenvalue weighted by Gasteiger charge is -2.04. The van der Waals surface area contributed by atoms with Gasteiger partial charge in [0.15, 0.2) is 5.11 Å². The van der Waals surface area contributed by atoms with Crippen LogP contribution in [0.3, 0.4) is 0 Å². The number of benzene rings is 1. The number of amides is 1. The molecule has 4 heteroatoms. The van der Waals surface area contributed by atoms with Gasteiger partial charge in [0.25, 0.3) is 0 Å². The van der Waals surface area contributed by atoms with Crippen LogP contribution in [0.5, 0.6) is 0 Å². The van der Waals surface area contributed by atoms with Crippen LogP contribution >= 0.6 is 12.2 Å². The van der Waals surface area contributed by atoms with Crippen LogP contribution in [0.15, 0.2) is 30.3 Å². The zero-order chi connectivity index (χ0) is 8.81. The lowest BCUT2D eigenvalue weighted by atomic mass is 10.3. The lowest BCUT2D eigenvalue weighted by Crippen LogP contribution is -2.26. The molecule has 0 unspecified atom stereocenters. The minimum atomic E-state index is 0.302. The van der Waals surface area contributed by atoms with Crippen molar-refractivity contribution in [3.8, 4) is 0 Å². The molecule has 0 fully saturated rings. The summed E-state index contributed by atoms with van der Waals surface area (Å²) in [5, 5.41) is 5.47. The SMILES string of the molecule is O=CNC(=S)Nc1ccccc1. The zero-order valence-corrected chi connectivity index (χ0v) is 7.10. The Kier molecular flexibility index (Phi) is 3.22. The predicted molar refractivity (Wildman–Crippen MR) is 51.9 cm³/mol. The number of para-hydroxylation sites is 1. The van der Waals surface area contributed by atoms with Gasteiger partial charge in [-0.1, -0.05) is 18.2 Å². The second-order valence-electron chi connectivity index (χ2n) is 2.08. The lowest BCUT2D eigenvalue weighted by molar-refractivity contribution is -0.108. The van der Waals surface area contributed by atoms with Gasteiger partial charge in [0.2, 0.25) is 6.41 Å². The van der Waals surface area contributed by atoms with Gasteiger partial charge >= 0.3 is 0 Å². The molecule has 2 N–H and O–H groups in total. The third-order valence-electron chi connectivity index (χ3n) is 1.22. The Bertz CT molecular complexity index is 274. The van der Waals surface area contributed by atoms with Gasteiger partial charge in [-0.2, -0.15) is 0 Å². The first-order valence-electron chi connectivity index (χ1n) is 3.39. The van der Waals surface area contributed by atoms with Crippen molar-refractivity contribution in [2.24, 2.45) is 0 Å². The van der Waals surface area contributed by atoms with Crippen molar-refractivity contribution in [2.75, 3.05) is 5.32 Å². The van der Waals surface area contributed by atoms with E-state index in [2.05, 4.69) is 10.6 Å². The van der Waals surface area contributed by atoms with Gasteiger partial charge in [0.05, 0.1) is 0 Å². The van der Waals surface area contributed by atoms with E-state index in [1.165, 1.54) is 0 Å². The molecule has 1 aromatic carbocycles. The van der Waals surface area contributed by atoms with Crippen LogP contribution in [-0.4, -0.2) is 11.5 Å². The van der Waals surface area contributed by atoms with Crippen LogP contribution in [-0.2, 0) is 4.79 Å². The monoisotopic (exact) mass is 180 g/mol. The van der Waals surface area contributed by atoms with Crippen molar-refractivity contribution >= 4 is 29.4 Å². The number of thiocarbonyl (C=S) groups is 1. The summed E-state index contributed by atoms with van der Waals surface area (Å²) >= 11 is 4.78. The normalized spacial score (nSPS) is 8.67. The van der Waals surface area contributed by atoms with E-state index in [4.69, 9.17) is 12.2 Å². The Morgan fingerprint density at radius 3 is 2.58 bits per heavy atom. The summed E-state index contributed by atoms with van der Waals surface area (Å²) in [4.78, 5) is 9.97. The fourth-order valence-electron chi connectivity index (χ4n) is 0.742. The Labute approximate surface area is 75.8 Å². The molecular weight excluding hydrogens is 172 g/mol. The third kappa shape index (κ3) is 2.67. The quantitative estimate of drug-likeness (QED) is 0.529. The first kappa shape index (κ1) is 8.67. The molecule has 1 aromatic rings. The van der Waals surface area contributed by atoms with Crippen LogP contribution in [0, 0.1) is 0 Å². The van der Waals surface area contributed by atoms with Crippen molar-refractivity contribution in [1.82, 2.24) is 5.32 Å². The summed E-state index contributed by atoms with van der Waals surface area (Å²) in [6.07, 6.45) is 0.540.